The Balaban J connectivity index is 1.95. The molecule has 1 atom stereocenters. The number of hydrogen-bond donors (Lipinski definition) is 2. The van der Waals surface area contributed by atoms with Gasteiger partial charge in [0.1, 0.15) is 5.75 Å². The molecule has 1 aromatic heterocycles. The summed E-state index contributed by atoms with van der Waals surface area (Å²) < 4.78 is 1.77. The molecule has 1 aliphatic heterocycles. The Morgan fingerprint density at radius 3 is 2.37 bits per heavy atom. The van der Waals surface area contributed by atoms with E-state index in [9.17, 15) is 9.90 Å². The summed E-state index contributed by atoms with van der Waals surface area (Å²) in [6.45, 7) is 0. The number of aliphatic imine (C=N–C) groups is 1. The van der Waals surface area contributed by atoms with Crippen molar-refractivity contribution in [3.8, 4) is 16.9 Å². The number of amides is 1. The zero-order valence-corrected chi connectivity index (χ0v) is 15.0. The predicted octanol–water partition coefficient (Wildman–Crippen LogP) is 1.82. The smallest absolute Gasteiger partial charge is 0.269 e. The van der Waals surface area contributed by atoms with E-state index in [0.717, 1.165) is 11.1 Å². The monoisotopic (exact) mass is 361 g/mol. The summed E-state index contributed by atoms with van der Waals surface area (Å²) in [7, 11) is 3.42. The molecular formula is C20H19N5O2. The lowest BCUT2D eigenvalue weighted by Gasteiger charge is -2.25. The molecule has 0 spiro atoms. The van der Waals surface area contributed by atoms with Gasteiger partial charge < -0.3 is 15.4 Å². The fourth-order valence-electron chi connectivity index (χ4n) is 3.43. The third-order valence-corrected chi connectivity index (χ3v) is 4.84. The van der Waals surface area contributed by atoms with E-state index < -0.39 is 5.54 Å². The minimum Gasteiger partial charge on any atom is -0.508 e. The number of carbonyl (C=O) groups excluding carboxylic acids is 1. The Morgan fingerprint density at radius 2 is 1.78 bits per heavy atom. The van der Waals surface area contributed by atoms with E-state index in [2.05, 4.69) is 9.98 Å². The number of nitrogens with zero attached hydrogens (tertiary/aromatic N) is 4. The Morgan fingerprint density at radius 1 is 1.07 bits per heavy atom. The topological polar surface area (TPSA) is 96.7 Å². The highest BCUT2D eigenvalue weighted by atomic mass is 16.3. The average molecular weight is 361 g/mol. The van der Waals surface area contributed by atoms with Crippen molar-refractivity contribution >= 4 is 11.9 Å². The van der Waals surface area contributed by atoms with E-state index in [1.54, 1.807) is 42.2 Å². The number of aromatic hydroxyl groups is 1. The Kier molecular flexibility index (Phi) is 3.73. The highest BCUT2D eigenvalue weighted by Gasteiger charge is 2.52. The summed E-state index contributed by atoms with van der Waals surface area (Å²) in [6, 6.07) is 14.5. The van der Waals surface area contributed by atoms with Crippen LogP contribution in [0, 0.1) is 0 Å². The van der Waals surface area contributed by atoms with Gasteiger partial charge in [-0.2, -0.15) is 0 Å². The molecule has 0 radical (unpaired) electrons. The number of aromatic nitrogens is 2. The van der Waals surface area contributed by atoms with Crippen LogP contribution in [0.4, 0.5) is 0 Å². The second-order valence-corrected chi connectivity index (χ2v) is 6.54. The molecule has 27 heavy (non-hydrogen) atoms. The van der Waals surface area contributed by atoms with Crippen LogP contribution < -0.4 is 5.73 Å². The number of rotatable bonds is 3. The van der Waals surface area contributed by atoms with E-state index >= 15 is 0 Å². The second-order valence-electron chi connectivity index (χ2n) is 6.54. The summed E-state index contributed by atoms with van der Waals surface area (Å²) in [6.07, 6.45) is 3.40. The van der Waals surface area contributed by atoms with Crippen LogP contribution in [0.25, 0.3) is 11.1 Å². The van der Waals surface area contributed by atoms with E-state index in [1.165, 1.54) is 4.90 Å². The molecule has 1 unspecified atom stereocenters. The minimum atomic E-state index is -1.34. The maximum atomic E-state index is 13.2. The maximum absolute atomic E-state index is 13.2. The van der Waals surface area contributed by atoms with Gasteiger partial charge in [0, 0.05) is 26.5 Å². The third kappa shape index (κ3) is 2.47. The molecule has 2 heterocycles. The van der Waals surface area contributed by atoms with E-state index in [1.807, 2.05) is 37.4 Å². The van der Waals surface area contributed by atoms with Crippen LogP contribution >= 0.6 is 0 Å². The number of imidazole rings is 1. The Hall–Kier alpha value is -3.61. The van der Waals surface area contributed by atoms with Gasteiger partial charge >= 0.3 is 0 Å². The number of carbonyl (C=O) groups is 1. The van der Waals surface area contributed by atoms with Gasteiger partial charge in [0.2, 0.25) is 5.54 Å². The van der Waals surface area contributed by atoms with Crippen molar-refractivity contribution in [2.75, 3.05) is 7.05 Å². The number of nitrogens with two attached hydrogens (primary N) is 1. The van der Waals surface area contributed by atoms with Crippen molar-refractivity contribution in [2.45, 2.75) is 5.54 Å². The molecule has 1 aliphatic rings. The SMILES string of the molecule is CN1C(=O)C(c2cccc(-c3cccc(O)c3)c2)(c2nccn2C)N=C1N. The molecule has 0 bridgehead atoms. The number of aryl methyl sites for hydroxylation is 1. The van der Waals surface area contributed by atoms with Gasteiger partial charge in [-0.15, -0.1) is 0 Å². The van der Waals surface area contributed by atoms with E-state index in [-0.39, 0.29) is 17.6 Å². The molecule has 7 nitrogen and oxygen atoms in total. The molecule has 0 aliphatic carbocycles. The first-order valence-corrected chi connectivity index (χ1v) is 8.44. The zero-order valence-electron chi connectivity index (χ0n) is 15.0. The first-order valence-electron chi connectivity index (χ1n) is 8.44. The summed E-state index contributed by atoms with van der Waals surface area (Å²) in [4.78, 5) is 23.5. The number of hydrogen-bond acceptors (Lipinski definition) is 5. The molecule has 3 N–H and O–H groups in total. The molecule has 2 aromatic carbocycles. The van der Waals surface area contributed by atoms with Crippen molar-refractivity contribution in [1.82, 2.24) is 14.5 Å². The fraction of sp³-hybridized carbons (Fsp3) is 0.150. The van der Waals surface area contributed by atoms with Gasteiger partial charge in [0.15, 0.2) is 11.8 Å². The number of benzene rings is 2. The second kappa shape index (κ2) is 5.98. The van der Waals surface area contributed by atoms with Crippen LogP contribution in [0.5, 0.6) is 5.75 Å². The minimum absolute atomic E-state index is 0.144. The largest absolute Gasteiger partial charge is 0.508 e. The lowest BCUT2D eigenvalue weighted by Crippen LogP contribution is -2.42. The third-order valence-electron chi connectivity index (χ3n) is 4.84. The number of likely N-dealkylation sites (N-methyl/N-ethyl adjacent to an activating group) is 1. The van der Waals surface area contributed by atoms with Crippen LogP contribution in [0.3, 0.4) is 0 Å². The number of phenolic OH excluding ortho intramolecular Hbond substituents is 1. The van der Waals surface area contributed by atoms with Crippen LogP contribution in [0.2, 0.25) is 0 Å². The van der Waals surface area contributed by atoms with Crippen molar-refractivity contribution in [3.63, 3.8) is 0 Å². The van der Waals surface area contributed by atoms with Crippen LogP contribution in [-0.2, 0) is 17.4 Å². The molecule has 4 rings (SSSR count). The summed E-state index contributed by atoms with van der Waals surface area (Å²) in [5.41, 5.74) is 7.00. The first kappa shape index (κ1) is 16.8. The van der Waals surface area contributed by atoms with Crippen LogP contribution in [0.1, 0.15) is 11.4 Å². The lowest BCUT2D eigenvalue weighted by molar-refractivity contribution is -0.129. The van der Waals surface area contributed by atoms with Crippen LogP contribution in [0.15, 0.2) is 65.9 Å². The molecule has 7 heteroatoms. The fourth-order valence-corrected chi connectivity index (χ4v) is 3.43. The summed E-state index contributed by atoms with van der Waals surface area (Å²) in [5.74, 6) is 0.552. The highest BCUT2D eigenvalue weighted by molar-refractivity contribution is 6.08. The van der Waals surface area contributed by atoms with Gasteiger partial charge in [-0.05, 0) is 34.9 Å². The molecule has 3 aromatic rings. The average Bonchev–Trinajstić information content (AvgIpc) is 3.19. The first-order chi connectivity index (χ1) is 12.9. The summed E-state index contributed by atoms with van der Waals surface area (Å²) in [5, 5.41) is 9.79. The molecule has 136 valence electrons. The van der Waals surface area contributed by atoms with Crippen molar-refractivity contribution in [1.29, 1.82) is 0 Å². The van der Waals surface area contributed by atoms with E-state index in [4.69, 9.17) is 5.73 Å². The molecule has 1 amide bonds. The lowest BCUT2D eigenvalue weighted by atomic mass is 9.87. The molecular weight excluding hydrogens is 342 g/mol. The highest BCUT2D eigenvalue weighted by Crippen LogP contribution is 2.39. The van der Waals surface area contributed by atoms with Gasteiger partial charge in [-0.25, -0.2) is 9.98 Å². The molecule has 0 saturated heterocycles. The molecule has 0 saturated carbocycles. The summed E-state index contributed by atoms with van der Waals surface area (Å²) >= 11 is 0. The maximum Gasteiger partial charge on any atom is 0.269 e. The van der Waals surface area contributed by atoms with Crippen molar-refractivity contribution < 1.29 is 9.90 Å². The molecule has 0 fully saturated rings. The number of guanidine groups is 1. The van der Waals surface area contributed by atoms with Gasteiger partial charge in [0.25, 0.3) is 5.91 Å². The normalized spacial score (nSPS) is 19.4. The van der Waals surface area contributed by atoms with Gasteiger partial charge in [-0.1, -0.05) is 30.3 Å². The van der Waals surface area contributed by atoms with Crippen molar-refractivity contribution in [2.24, 2.45) is 17.8 Å². The predicted molar refractivity (Wildman–Crippen MR) is 102 cm³/mol. The Labute approximate surface area is 156 Å². The quantitative estimate of drug-likeness (QED) is 0.744. The zero-order chi connectivity index (χ0) is 19.2. The number of phenols is 1. The Bertz CT molecular complexity index is 1070. The van der Waals surface area contributed by atoms with Gasteiger partial charge in [0.05, 0.1) is 0 Å². The van der Waals surface area contributed by atoms with Crippen LogP contribution in [-0.4, -0.2) is 38.5 Å². The standard InChI is InChI=1S/C20H19N5O2/c1-24-10-9-22-17(24)20(18(27)25(2)19(21)23-20)15-7-3-5-13(11-15)14-6-4-8-16(26)12-14/h3-12,26H,1-2H3,(H2,21,23). The van der Waals surface area contributed by atoms with E-state index in [0.29, 0.717) is 11.4 Å². The van der Waals surface area contributed by atoms with Crippen molar-refractivity contribution in [3.05, 3.63) is 72.3 Å². The van der Waals surface area contributed by atoms with Gasteiger partial charge in [-0.3, -0.25) is 9.69 Å².